The Balaban J connectivity index is 2.89. The SMILES string of the molecule is CCN(C(=O)/C(C#N)=N/OC)C1=NOC(C)(C)C1. The van der Waals surface area contributed by atoms with Gasteiger partial charge in [0.15, 0.2) is 5.84 Å². The maximum Gasteiger partial charge on any atom is 0.292 e. The summed E-state index contributed by atoms with van der Waals surface area (Å²) < 4.78 is 0. The summed E-state index contributed by atoms with van der Waals surface area (Å²) in [7, 11) is 1.28. The Morgan fingerprint density at radius 3 is 2.78 bits per heavy atom. The average Bonchev–Trinajstić information content (AvgIpc) is 2.67. The van der Waals surface area contributed by atoms with Crippen LogP contribution in [0.15, 0.2) is 10.3 Å². The fourth-order valence-electron chi connectivity index (χ4n) is 1.54. The zero-order valence-electron chi connectivity index (χ0n) is 10.9. The zero-order valence-corrected chi connectivity index (χ0v) is 10.9. The topological polar surface area (TPSA) is 87.3 Å². The molecular formula is C11H16N4O3. The van der Waals surface area contributed by atoms with E-state index >= 15 is 0 Å². The van der Waals surface area contributed by atoms with E-state index in [-0.39, 0.29) is 5.71 Å². The van der Waals surface area contributed by atoms with Gasteiger partial charge >= 0.3 is 0 Å². The number of amides is 1. The summed E-state index contributed by atoms with van der Waals surface area (Å²) in [5.74, 6) is -0.0477. The second-order valence-corrected chi connectivity index (χ2v) is 4.32. The van der Waals surface area contributed by atoms with Crippen LogP contribution < -0.4 is 0 Å². The minimum atomic E-state index is -0.540. The van der Waals surface area contributed by atoms with Gasteiger partial charge < -0.3 is 9.68 Å². The number of oxime groups is 2. The summed E-state index contributed by atoms with van der Waals surface area (Å²) >= 11 is 0. The average molecular weight is 252 g/mol. The monoisotopic (exact) mass is 252 g/mol. The van der Waals surface area contributed by atoms with Crippen LogP contribution in [0.3, 0.4) is 0 Å². The molecule has 0 saturated carbocycles. The van der Waals surface area contributed by atoms with Crippen molar-refractivity contribution in [1.29, 1.82) is 5.26 Å². The van der Waals surface area contributed by atoms with Crippen LogP contribution in [-0.2, 0) is 14.5 Å². The van der Waals surface area contributed by atoms with Crippen molar-refractivity contribution in [3.05, 3.63) is 0 Å². The third-order valence-electron chi connectivity index (χ3n) is 2.35. The van der Waals surface area contributed by atoms with Crippen LogP contribution in [0.2, 0.25) is 0 Å². The molecule has 0 atom stereocenters. The molecular weight excluding hydrogens is 236 g/mol. The van der Waals surface area contributed by atoms with Crippen LogP contribution in [0.4, 0.5) is 0 Å². The van der Waals surface area contributed by atoms with E-state index in [1.54, 1.807) is 13.0 Å². The quantitative estimate of drug-likeness (QED) is 0.551. The first-order valence-electron chi connectivity index (χ1n) is 5.53. The van der Waals surface area contributed by atoms with Crippen molar-refractivity contribution in [3.8, 4) is 6.07 Å². The Morgan fingerprint density at radius 1 is 1.72 bits per heavy atom. The van der Waals surface area contributed by atoms with Crippen LogP contribution in [0.1, 0.15) is 27.2 Å². The highest BCUT2D eigenvalue weighted by Gasteiger charge is 2.35. The molecule has 0 saturated heterocycles. The van der Waals surface area contributed by atoms with Gasteiger partial charge in [-0.2, -0.15) is 5.26 Å². The fourth-order valence-corrected chi connectivity index (χ4v) is 1.54. The van der Waals surface area contributed by atoms with E-state index in [4.69, 9.17) is 10.1 Å². The maximum absolute atomic E-state index is 12.0. The van der Waals surface area contributed by atoms with Crippen molar-refractivity contribution in [2.24, 2.45) is 10.3 Å². The fraction of sp³-hybridized carbons (Fsp3) is 0.636. The number of carbonyl (C=O) groups excluding carboxylic acids is 1. The number of nitriles is 1. The van der Waals surface area contributed by atoms with Gasteiger partial charge in [-0.05, 0) is 20.8 Å². The molecule has 7 heteroatoms. The van der Waals surface area contributed by atoms with E-state index in [1.165, 1.54) is 12.0 Å². The maximum atomic E-state index is 12.0. The molecule has 1 aliphatic heterocycles. The summed E-state index contributed by atoms with van der Waals surface area (Å²) in [6, 6.07) is 1.70. The Labute approximate surface area is 106 Å². The van der Waals surface area contributed by atoms with Crippen molar-refractivity contribution in [2.45, 2.75) is 32.8 Å². The Kier molecular flexibility index (Phi) is 4.26. The summed E-state index contributed by atoms with van der Waals surface area (Å²) in [6.45, 7) is 5.90. The van der Waals surface area contributed by atoms with E-state index in [0.29, 0.717) is 18.8 Å². The molecule has 0 fully saturated rings. The summed E-state index contributed by atoms with van der Waals surface area (Å²) in [5, 5.41) is 16.1. The van der Waals surface area contributed by atoms with Crippen molar-refractivity contribution in [1.82, 2.24) is 4.90 Å². The van der Waals surface area contributed by atoms with Crippen LogP contribution in [0, 0.1) is 11.3 Å². The van der Waals surface area contributed by atoms with Gasteiger partial charge in [-0.1, -0.05) is 10.3 Å². The molecule has 98 valence electrons. The molecule has 0 bridgehead atoms. The number of hydrogen-bond donors (Lipinski definition) is 0. The van der Waals surface area contributed by atoms with Gasteiger partial charge in [-0.15, -0.1) is 0 Å². The normalized spacial score (nSPS) is 17.5. The first kappa shape index (κ1) is 14.0. The molecule has 7 nitrogen and oxygen atoms in total. The lowest BCUT2D eigenvalue weighted by Crippen LogP contribution is -2.41. The van der Waals surface area contributed by atoms with E-state index in [0.717, 1.165) is 0 Å². The Hall–Kier alpha value is -2.10. The predicted molar refractivity (Wildman–Crippen MR) is 64.7 cm³/mol. The van der Waals surface area contributed by atoms with Gasteiger partial charge in [0.2, 0.25) is 5.71 Å². The zero-order chi connectivity index (χ0) is 13.8. The first-order chi connectivity index (χ1) is 8.45. The molecule has 0 aromatic rings. The standard InChI is InChI=1S/C11H16N4O3/c1-5-15(9-6-11(2,3)18-14-9)10(16)8(7-12)13-17-4/h5-6H2,1-4H3/b13-8+. The lowest BCUT2D eigenvalue weighted by atomic mass is 10.1. The first-order valence-corrected chi connectivity index (χ1v) is 5.53. The molecule has 18 heavy (non-hydrogen) atoms. The van der Waals surface area contributed by atoms with Crippen LogP contribution >= 0.6 is 0 Å². The van der Waals surface area contributed by atoms with Gasteiger partial charge in [0, 0.05) is 6.54 Å². The van der Waals surface area contributed by atoms with E-state index in [9.17, 15) is 4.79 Å². The molecule has 0 aliphatic carbocycles. The van der Waals surface area contributed by atoms with Crippen molar-refractivity contribution in [3.63, 3.8) is 0 Å². The molecule has 0 spiro atoms. The van der Waals surface area contributed by atoms with Crippen molar-refractivity contribution in [2.75, 3.05) is 13.7 Å². The predicted octanol–water partition coefficient (Wildman–Crippen LogP) is 0.873. The van der Waals surface area contributed by atoms with E-state index in [2.05, 4.69) is 15.1 Å². The van der Waals surface area contributed by atoms with Crippen molar-refractivity contribution >= 4 is 17.5 Å². The van der Waals surface area contributed by atoms with Gasteiger partial charge in [0.25, 0.3) is 5.91 Å². The number of amidine groups is 1. The third-order valence-corrected chi connectivity index (χ3v) is 2.35. The molecule has 0 aromatic carbocycles. The Bertz CT molecular complexity index is 434. The molecule has 0 radical (unpaired) electrons. The smallest absolute Gasteiger partial charge is 0.292 e. The van der Waals surface area contributed by atoms with Gasteiger partial charge in [0.05, 0.1) is 6.42 Å². The Morgan fingerprint density at radius 2 is 2.39 bits per heavy atom. The summed E-state index contributed by atoms with van der Waals surface area (Å²) in [4.78, 5) is 23.1. The van der Waals surface area contributed by atoms with Gasteiger partial charge in [-0.3, -0.25) is 9.69 Å². The molecule has 0 unspecified atom stereocenters. The second kappa shape index (κ2) is 5.49. The largest absolute Gasteiger partial charge is 0.398 e. The highest BCUT2D eigenvalue weighted by molar-refractivity contribution is 6.46. The molecule has 1 aliphatic rings. The van der Waals surface area contributed by atoms with Gasteiger partial charge in [-0.25, -0.2) is 0 Å². The lowest BCUT2D eigenvalue weighted by molar-refractivity contribution is -0.120. The minimum Gasteiger partial charge on any atom is -0.398 e. The lowest BCUT2D eigenvalue weighted by Gasteiger charge is -2.19. The summed E-state index contributed by atoms with van der Waals surface area (Å²) in [5.41, 5.74) is -0.749. The molecule has 1 amide bonds. The molecule has 1 heterocycles. The highest BCUT2D eigenvalue weighted by Crippen LogP contribution is 2.23. The minimum absolute atomic E-state index is 0.313. The summed E-state index contributed by atoms with van der Waals surface area (Å²) in [6.07, 6.45) is 0.498. The number of nitrogens with zero attached hydrogens (tertiary/aromatic N) is 4. The van der Waals surface area contributed by atoms with Crippen LogP contribution in [-0.4, -0.2) is 41.6 Å². The van der Waals surface area contributed by atoms with Crippen molar-refractivity contribution < 1.29 is 14.5 Å². The van der Waals surface area contributed by atoms with Crippen LogP contribution in [0.5, 0.6) is 0 Å². The van der Waals surface area contributed by atoms with E-state index < -0.39 is 11.5 Å². The number of rotatable bonds is 3. The number of carbonyl (C=O) groups is 1. The third kappa shape index (κ3) is 2.97. The van der Waals surface area contributed by atoms with Crippen LogP contribution in [0.25, 0.3) is 0 Å². The highest BCUT2D eigenvalue weighted by atomic mass is 16.7. The second-order valence-electron chi connectivity index (χ2n) is 4.32. The molecule has 0 N–H and O–H groups in total. The van der Waals surface area contributed by atoms with E-state index in [1.807, 2.05) is 13.8 Å². The number of hydrogen-bond acceptors (Lipinski definition) is 6. The molecule has 1 rings (SSSR count). The molecule has 0 aromatic heterocycles. The van der Waals surface area contributed by atoms with Gasteiger partial charge in [0.1, 0.15) is 18.8 Å².